The van der Waals surface area contributed by atoms with E-state index in [0.29, 0.717) is 0 Å². The van der Waals surface area contributed by atoms with Gasteiger partial charge in [-0.05, 0) is 59.7 Å². The average Bonchev–Trinajstić information content (AvgIpc) is 2.68. The second-order valence-corrected chi connectivity index (χ2v) is 6.33. The van der Waals surface area contributed by atoms with E-state index < -0.39 is 0 Å². The van der Waals surface area contributed by atoms with Crippen molar-refractivity contribution in [3.8, 4) is 16.9 Å². The van der Waals surface area contributed by atoms with Crippen molar-refractivity contribution < 1.29 is 4.74 Å². The Kier molecular flexibility index (Phi) is 5.84. The van der Waals surface area contributed by atoms with Crippen molar-refractivity contribution in [1.29, 1.82) is 0 Å². The highest BCUT2D eigenvalue weighted by Gasteiger charge is 2.01. The van der Waals surface area contributed by atoms with Gasteiger partial charge in [0.15, 0.2) is 0 Å². The van der Waals surface area contributed by atoms with Crippen LogP contribution in [0.1, 0.15) is 30.2 Å². The van der Waals surface area contributed by atoms with Gasteiger partial charge in [-0.1, -0.05) is 55.8 Å². The van der Waals surface area contributed by atoms with Gasteiger partial charge in [0.25, 0.3) is 0 Å². The number of hydrogen-bond donors (Lipinski definition) is 0. The lowest BCUT2D eigenvalue weighted by Crippen LogP contribution is -1.95. The van der Waals surface area contributed by atoms with Gasteiger partial charge in [0.2, 0.25) is 0 Å². The second-order valence-electron chi connectivity index (χ2n) is 6.33. The van der Waals surface area contributed by atoms with Gasteiger partial charge >= 0.3 is 0 Å². The Bertz CT molecular complexity index is 774. The van der Waals surface area contributed by atoms with Crippen LogP contribution in [0.3, 0.4) is 0 Å². The van der Waals surface area contributed by atoms with E-state index in [-0.39, 0.29) is 0 Å². The molecule has 0 aliphatic heterocycles. The summed E-state index contributed by atoms with van der Waals surface area (Å²) in [5.74, 6) is 0.887. The molecule has 1 aromatic heterocycles. The lowest BCUT2D eigenvalue weighted by Gasteiger charge is -2.06. The van der Waals surface area contributed by atoms with Crippen molar-refractivity contribution in [2.45, 2.75) is 32.6 Å². The van der Waals surface area contributed by atoms with Crippen LogP contribution in [0.4, 0.5) is 0 Å². The van der Waals surface area contributed by atoms with Crippen LogP contribution in [0.25, 0.3) is 11.1 Å². The van der Waals surface area contributed by atoms with Crippen LogP contribution >= 0.6 is 0 Å². The maximum atomic E-state index is 5.21. The summed E-state index contributed by atoms with van der Waals surface area (Å²) in [6.07, 6.45) is 6.30. The summed E-state index contributed by atoms with van der Waals surface area (Å²) in [6, 6.07) is 21.4. The van der Waals surface area contributed by atoms with E-state index in [0.717, 1.165) is 25.0 Å². The highest BCUT2D eigenvalue weighted by atomic mass is 16.5. The van der Waals surface area contributed by atoms with Crippen LogP contribution in [0.2, 0.25) is 0 Å². The van der Waals surface area contributed by atoms with E-state index in [1.807, 2.05) is 18.3 Å². The van der Waals surface area contributed by atoms with Crippen molar-refractivity contribution in [1.82, 2.24) is 4.98 Å². The third kappa shape index (κ3) is 4.69. The van der Waals surface area contributed by atoms with Gasteiger partial charge in [0, 0.05) is 11.9 Å². The summed E-state index contributed by atoms with van der Waals surface area (Å²) in [4.78, 5) is 4.58. The number of ether oxygens (including phenoxy) is 1. The molecule has 0 saturated heterocycles. The molecule has 2 nitrogen and oxygen atoms in total. The predicted octanol–water partition coefficient (Wildman–Crippen LogP) is 5.49. The maximum Gasteiger partial charge on any atom is 0.118 e. The van der Waals surface area contributed by atoms with E-state index in [1.54, 1.807) is 7.11 Å². The minimum absolute atomic E-state index is 0.887. The molecule has 0 atom stereocenters. The van der Waals surface area contributed by atoms with Crippen molar-refractivity contribution >= 4 is 0 Å². The number of pyridine rings is 1. The molecule has 3 rings (SSSR count). The first-order valence-corrected chi connectivity index (χ1v) is 8.95. The van der Waals surface area contributed by atoms with Crippen molar-refractivity contribution in [2.24, 2.45) is 0 Å². The Morgan fingerprint density at radius 3 is 1.92 bits per heavy atom. The molecule has 0 aliphatic carbocycles. The quantitative estimate of drug-likeness (QED) is 0.571. The van der Waals surface area contributed by atoms with E-state index in [4.69, 9.17) is 4.74 Å². The summed E-state index contributed by atoms with van der Waals surface area (Å²) in [5.41, 5.74) is 6.28. The zero-order valence-corrected chi connectivity index (χ0v) is 15.0. The molecule has 0 amide bonds. The molecule has 0 bridgehead atoms. The van der Waals surface area contributed by atoms with Crippen LogP contribution in [-0.2, 0) is 19.3 Å². The number of aromatic nitrogens is 1. The van der Waals surface area contributed by atoms with E-state index in [2.05, 4.69) is 60.4 Å². The van der Waals surface area contributed by atoms with E-state index >= 15 is 0 Å². The molecule has 0 fully saturated rings. The molecule has 1 heterocycles. The van der Waals surface area contributed by atoms with Gasteiger partial charge in [0.1, 0.15) is 5.75 Å². The first-order valence-electron chi connectivity index (χ1n) is 8.95. The van der Waals surface area contributed by atoms with Crippen LogP contribution in [0, 0.1) is 0 Å². The normalized spacial score (nSPS) is 10.6. The van der Waals surface area contributed by atoms with Gasteiger partial charge in [-0.3, -0.25) is 4.98 Å². The third-order valence-corrected chi connectivity index (χ3v) is 4.47. The number of aryl methyl sites for hydroxylation is 3. The Morgan fingerprint density at radius 1 is 0.720 bits per heavy atom. The van der Waals surface area contributed by atoms with Gasteiger partial charge in [-0.15, -0.1) is 0 Å². The minimum atomic E-state index is 0.887. The zero-order valence-electron chi connectivity index (χ0n) is 15.0. The molecular weight excluding hydrogens is 306 g/mol. The van der Waals surface area contributed by atoms with Gasteiger partial charge in [0.05, 0.1) is 7.11 Å². The average molecular weight is 331 g/mol. The Morgan fingerprint density at radius 2 is 1.36 bits per heavy atom. The lowest BCUT2D eigenvalue weighted by molar-refractivity contribution is 0.415. The van der Waals surface area contributed by atoms with Crippen LogP contribution in [0.15, 0.2) is 66.9 Å². The summed E-state index contributed by atoms with van der Waals surface area (Å²) in [5, 5.41) is 0. The SMILES string of the molecule is CCCc1ccc(CCc2ccc(-c3ccc(OC)cc3)cc2)nc1. The summed E-state index contributed by atoms with van der Waals surface area (Å²) < 4.78 is 5.21. The van der Waals surface area contributed by atoms with Crippen LogP contribution in [-0.4, -0.2) is 12.1 Å². The Balaban J connectivity index is 1.60. The number of rotatable bonds is 7. The number of nitrogens with zero attached hydrogens (tertiary/aromatic N) is 1. The molecule has 2 aromatic carbocycles. The first kappa shape index (κ1) is 17.2. The van der Waals surface area contributed by atoms with Gasteiger partial charge in [-0.2, -0.15) is 0 Å². The van der Waals surface area contributed by atoms with Crippen molar-refractivity contribution in [3.63, 3.8) is 0 Å². The largest absolute Gasteiger partial charge is 0.497 e. The van der Waals surface area contributed by atoms with Crippen LogP contribution in [0.5, 0.6) is 5.75 Å². The smallest absolute Gasteiger partial charge is 0.118 e. The minimum Gasteiger partial charge on any atom is -0.497 e. The van der Waals surface area contributed by atoms with Crippen LogP contribution < -0.4 is 4.74 Å². The number of hydrogen-bond acceptors (Lipinski definition) is 2. The zero-order chi connectivity index (χ0) is 17.5. The third-order valence-electron chi connectivity index (χ3n) is 4.47. The molecule has 0 unspecified atom stereocenters. The first-order chi connectivity index (χ1) is 12.3. The summed E-state index contributed by atoms with van der Waals surface area (Å²) >= 11 is 0. The van der Waals surface area contributed by atoms with Crippen molar-refractivity contribution in [3.05, 3.63) is 83.7 Å². The summed E-state index contributed by atoms with van der Waals surface area (Å²) in [6.45, 7) is 2.20. The monoisotopic (exact) mass is 331 g/mol. The molecule has 0 radical (unpaired) electrons. The maximum absolute atomic E-state index is 5.21. The number of benzene rings is 2. The second kappa shape index (κ2) is 8.48. The Hall–Kier alpha value is -2.61. The molecular formula is C23H25NO. The molecule has 0 aliphatic rings. The molecule has 0 N–H and O–H groups in total. The molecule has 2 heteroatoms. The fourth-order valence-corrected chi connectivity index (χ4v) is 2.96. The fourth-order valence-electron chi connectivity index (χ4n) is 2.96. The molecule has 128 valence electrons. The van der Waals surface area contributed by atoms with E-state index in [1.165, 1.54) is 34.4 Å². The predicted molar refractivity (Wildman–Crippen MR) is 104 cm³/mol. The molecule has 0 spiro atoms. The standard InChI is InChI=1S/C23H25NO/c1-3-4-19-8-14-22(24-17-19)13-7-18-5-9-20(10-6-18)21-11-15-23(25-2)16-12-21/h5-6,8-12,14-17H,3-4,7,13H2,1-2H3. The topological polar surface area (TPSA) is 22.1 Å². The summed E-state index contributed by atoms with van der Waals surface area (Å²) in [7, 11) is 1.69. The Labute approximate surface area is 150 Å². The number of methoxy groups -OCH3 is 1. The van der Waals surface area contributed by atoms with E-state index in [9.17, 15) is 0 Å². The molecule has 25 heavy (non-hydrogen) atoms. The highest BCUT2D eigenvalue weighted by molar-refractivity contribution is 5.64. The van der Waals surface area contributed by atoms with Gasteiger partial charge < -0.3 is 4.74 Å². The molecule has 3 aromatic rings. The molecule has 0 saturated carbocycles. The lowest BCUT2D eigenvalue weighted by atomic mass is 10.0. The highest BCUT2D eigenvalue weighted by Crippen LogP contribution is 2.23. The van der Waals surface area contributed by atoms with Gasteiger partial charge in [-0.25, -0.2) is 0 Å². The fraction of sp³-hybridized carbons (Fsp3) is 0.261. The van der Waals surface area contributed by atoms with Crippen molar-refractivity contribution in [2.75, 3.05) is 7.11 Å².